The molecule has 8 nitrogen and oxygen atoms in total. The van der Waals surface area contributed by atoms with Gasteiger partial charge in [0.2, 0.25) is 0 Å². The largest absolute Gasteiger partial charge is 0.507 e. The van der Waals surface area contributed by atoms with E-state index in [4.69, 9.17) is 18.6 Å². The van der Waals surface area contributed by atoms with Gasteiger partial charge in [-0.25, -0.2) is 0 Å². The molecule has 1 aromatic heterocycles. The molecule has 0 radical (unpaired) electrons. The highest BCUT2D eigenvalue weighted by atomic mass is 16.5. The molecule has 2 aromatic carbocycles. The van der Waals surface area contributed by atoms with Crippen LogP contribution in [0.2, 0.25) is 0 Å². The molecule has 1 aliphatic heterocycles. The molecule has 0 aliphatic carbocycles. The van der Waals surface area contributed by atoms with Crippen LogP contribution in [0.25, 0.3) is 5.76 Å². The number of Topliss-reactive ketones (excluding diaryl/α,β-unsaturated/α-hetero) is 1. The Bertz CT molecular complexity index is 1270. The number of furan rings is 1. The highest BCUT2D eigenvalue weighted by Crippen LogP contribution is 2.44. The Hall–Kier alpha value is -4.20. The van der Waals surface area contributed by atoms with E-state index in [1.807, 2.05) is 6.92 Å². The summed E-state index contributed by atoms with van der Waals surface area (Å²) < 4.78 is 22.0. The fraction of sp³-hybridized carbons (Fsp3) is 0.231. The first-order valence-corrected chi connectivity index (χ1v) is 10.7. The Morgan fingerprint density at radius 3 is 2.47 bits per heavy atom. The van der Waals surface area contributed by atoms with Gasteiger partial charge in [-0.15, -0.1) is 0 Å². The number of aryl methyl sites for hydroxylation is 1. The Kier molecular flexibility index (Phi) is 6.32. The lowest BCUT2D eigenvalue weighted by Crippen LogP contribution is -2.29. The number of amides is 1. The number of aliphatic hydroxyl groups is 1. The van der Waals surface area contributed by atoms with Crippen molar-refractivity contribution in [3.05, 3.63) is 77.3 Å². The lowest BCUT2D eigenvalue weighted by atomic mass is 9.98. The van der Waals surface area contributed by atoms with Crippen molar-refractivity contribution in [1.29, 1.82) is 0 Å². The number of aliphatic hydroxyl groups excluding tert-OH is 1. The van der Waals surface area contributed by atoms with Crippen LogP contribution >= 0.6 is 0 Å². The summed E-state index contributed by atoms with van der Waals surface area (Å²) in [6.45, 7) is 4.06. The van der Waals surface area contributed by atoms with Crippen molar-refractivity contribution >= 4 is 23.1 Å². The average molecular weight is 463 g/mol. The van der Waals surface area contributed by atoms with E-state index < -0.39 is 17.7 Å². The fourth-order valence-electron chi connectivity index (χ4n) is 4.00. The van der Waals surface area contributed by atoms with Crippen LogP contribution in [0.1, 0.15) is 30.0 Å². The van der Waals surface area contributed by atoms with Gasteiger partial charge in [0, 0.05) is 17.8 Å². The van der Waals surface area contributed by atoms with Gasteiger partial charge in [0.15, 0.2) is 0 Å². The summed E-state index contributed by atoms with van der Waals surface area (Å²) in [5.74, 6) is 0.292. The molecule has 3 aromatic rings. The van der Waals surface area contributed by atoms with Crippen molar-refractivity contribution in [3.63, 3.8) is 0 Å². The van der Waals surface area contributed by atoms with Gasteiger partial charge >= 0.3 is 0 Å². The Labute approximate surface area is 197 Å². The van der Waals surface area contributed by atoms with E-state index in [2.05, 4.69) is 0 Å². The van der Waals surface area contributed by atoms with Crippen LogP contribution < -0.4 is 19.1 Å². The molecule has 0 spiro atoms. The fourth-order valence-corrected chi connectivity index (χ4v) is 4.00. The Morgan fingerprint density at radius 1 is 1.03 bits per heavy atom. The minimum Gasteiger partial charge on any atom is -0.507 e. The number of hydrogen-bond donors (Lipinski definition) is 1. The first-order chi connectivity index (χ1) is 16.4. The first-order valence-electron chi connectivity index (χ1n) is 10.7. The van der Waals surface area contributed by atoms with E-state index in [1.54, 1.807) is 61.5 Å². The van der Waals surface area contributed by atoms with Crippen LogP contribution in [0.15, 0.2) is 64.6 Å². The van der Waals surface area contributed by atoms with Crippen molar-refractivity contribution in [3.8, 4) is 17.2 Å². The van der Waals surface area contributed by atoms with Gasteiger partial charge in [-0.3, -0.25) is 14.5 Å². The van der Waals surface area contributed by atoms with Crippen LogP contribution in [-0.4, -0.2) is 37.6 Å². The Balaban J connectivity index is 1.93. The SMILES string of the molecule is CCOc1cccc(N2C(=O)C(=O)/C(=C(\O)c3ccc(OC)cc3OC)C2c2ccc(C)o2)c1. The summed E-state index contributed by atoms with van der Waals surface area (Å²) in [4.78, 5) is 27.9. The zero-order valence-corrected chi connectivity index (χ0v) is 19.3. The summed E-state index contributed by atoms with van der Waals surface area (Å²) in [7, 11) is 2.95. The van der Waals surface area contributed by atoms with E-state index >= 15 is 0 Å². The minimum absolute atomic E-state index is 0.107. The molecule has 1 atom stereocenters. The molecular formula is C26H25NO7. The molecule has 1 aliphatic rings. The smallest absolute Gasteiger partial charge is 0.300 e. The van der Waals surface area contributed by atoms with Crippen LogP contribution in [0.3, 0.4) is 0 Å². The van der Waals surface area contributed by atoms with Crippen molar-refractivity contribution in [1.82, 2.24) is 0 Å². The Morgan fingerprint density at radius 2 is 1.82 bits per heavy atom. The number of hydrogen-bond acceptors (Lipinski definition) is 7. The second-order valence-corrected chi connectivity index (χ2v) is 7.61. The number of benzene rings is 2. The van der Waals surface area contributed by atoms with E-state index in [1.165, 1.54) is 19.1 Å². The predicted octanol–water partition coefficient (Wildman–Crippen LogP) is 4.63. The van der Waals surface area contributed by atoms with Gasteiger partial charge in [0.25, 0.3) is 11.7 Å². The normalized spacial score (nSPS) is 17.2. The topological polar surface area (TPSA) is 98.4 Å². The molecule has 34 heavy (non-hydrogen) atoms. The van der Waals surface area contributed by atoms with Crippen LogP contribution in [0.4, 0.5) is 5.69 Å². The number of nitrogens with zero attached hydrogens (tertiary/aromatic N) is 1. The third kappa shape index (κ3) is 3.98. The van der Waals surface area contributed by atoms with Crippen molar-refractivity contribution < 1.29 is 33.3 Å². The van der Waals surface area contributed by atoms with E-state index in [9.17, 15) is 14.7 Å². The van der Waals surface area contributed by atoms with Crippen LogP contribution in [0, 0.1) is 6.92 Å². The van der Waals surface area contributed by atoms with Gasteiger partial charge in [0.05, 0.1) is 32.0 Å². The van der Waals surface area contributed by atoms with Crippen LogP contribution in [0.5, 0.6) is 17.2 Å². The number of ether oxygens (including phenoxy) is 3. The molecule has 4 rings (SSSR count). The summed E-state index contributed by atoms with van der Waals surface area (Å²) in [5.41, 5.74) is 0.579. The quantitative estimate of drug-likeness (QED) is 0.310. The zero-order valence-electron chi connectivity index (χ0n) is 19.3. The molecule has 176 valence electrons. The molecule has 1 saturated heterocycles. The molecule has 0 saturated carbocycles. The third-order valence-electron chi connectivity index (χ3n) is 5.55. The molecule has 2 heterocycles. The third-order valence-corrected chi connectivity index (χ3v) is 5.55. The van der Waals surface area contributed by atoms with Crippen molar-refractivity contribution in [2.75, 3.05) is 25.7 Å². The van der Waals surface area contributed by atoms with E-state index in [-0.39, 0.29) is 22.6 Å². The van der Waals surface area contributed by atoms with Gasteiger partial charge in [-0.05, 0) is 50.2 Å². The second kappa shape index (κ2) is 9.35. The molecule has 1 fully saturated rings. The second-order valence-electron chi connectivity index (χ2n) is 7.61. The maximum atomic E-state index is 13.3. The number of anilines is 1. The summed E-state index contributed by atoms with van der Waals surface area (Å²) in [5, 5.41) is 11.3. The van der Waals surface area contributed by atoms with E-state index in [0.29, 0.717) is 35.3 Å². The van der Waals surface area contributed by atoms with Crippen molar-refractivity contribution in [2.24, 2.45) is 0 Å². The lowest BCUT2D eigenvalue weighted by molar-refractivity contribution is -0.132. The van der Waals surface area contributed by atoms with Gasteiger partial charge in [0.1, 0.15) is 40.6 Å². The number of ketones is 1. The molecule has 8 heteroatoms. The van der Waals surface area contributed by atoms with Gasteiger partial charge in [-0.2, -0.15) is 0 Å². The van der Waals surface area contributed by atoms with Crippen LogP contribution in [-0.2, 0) is 9.59 Å². The standard InChI is InChI=1S/C26H25NO7/c1-5-33-18-8-6-7-16(13-18)27-23(20-12-9-15(2)34-20)22(25(29)26(27)30)24(28)19-11-10-17(31-3)14-21(19)32-4/h6-14,23,28H,5H2,1-4H3/b24-22-. The maximum absolute atomic E-state index is 13.3. The monoisotopic (exact) mass is 463 g/mol. The number of carbonyl (C=O) groups excluding carboxylic acids is 2. The number of carbonyl (C=O) groups is 2. The number of methoxy groups -OCH3 is 2. The van der Waals surface area contributed by atoms with E-state index in [0.717, 1.165) is 0 Å². The zero-order chi connectivity index (χ0) is 24.4. The molecule has 1 amide bonds. The molecular weight excluding hydrogens is 438 g/mol. The number of rotatable bonds is 7. The summed E-state index contributed by atoms with van der Waals surface area (Å²) >= 11 is 0. The minimum atomic E-state index is -0.989. The maximum Gasteiger partial charge on any atom is 0.300 e. The highest BCUT2D eigenvalue weighted by Gasteiger charge is 2.48. The highest BCUT2D eigenvalue weighted by molar-refractivity contribution is 6.51. The average Bonchev–Trinajstić information content (AvgIpc) is 3.39. The summed E-state index contributed by atoms with van der Waals surface area (Å²) in [6, 6.07) is 14.1. The molecule has 1 N–H and O–H groups in total. The van der Waals surface area contributed by atoms with Crippen molar-refractivity contribution in [2.45, 2.75) is 19.9 Å². The summed E-state index contributed by atoms with van der Waals surface area (Å²) in [6.07, 6.45) is 0. The lowest BCUT2D eigenvalue weighted by Gasteiger charge is -2.24. The predicted molar refractivity (Wildman–Crippen MR) is 125 cm³/mol. The first kappa shape index (κ1) is 23.0. The molecule has 0 bridgehead atoms. The van der Waals surface area contributed by atoms with Gasteiger partial charge < -0.3 is 23.7 Å². The molecule has 1 unspecified atom stereocenters. The van der Waals surface area contributed by atoms with Gasteiger partial charge in [-0.1, -0.05) is 6.07 Å².